The Morgan fingerprint density at radius 2 is 2.00 bits per heavy atom. The van der Waals surface area contributed by atoms with Crippen molar-refractivity contribution in [2.75, 3.05) is 6.61 Å². The first-order valence-electron chi connectivity index (χ1n) is 11.4. The fraction of sp³-hybridized carbons (Fsp3) is 0.625. The topological polar surface area (TPSA) is 90.4 Å². The zero-order valence-corrected chi connectivity index (χ0v) is 22.1. The second-order valence-electron chi connectivity index (χ2n) is 9.50. The molecule has 0 spiro atoms. The monoisotopic (exact) mass is 462 g/mol. The number of rotatable bonds is 9. The average molecular weight is 463 g/mol. The highest BCUT2D eigenvalue weighted by molar-refractivity contribution is 6.25. The maximum Gasteiger partial charge on any atom is 0.330 e. The molecule has 0 aromatic carbocycles. The minimum atomic E-state index is -0.754. The fourth-order valence-electron chi connectivity index (χ4n) is 4.49. The highest BCUT2D eigenvalue weighted by Crippen LogP contribution is 2.52. The summed E-state index contributed by atoms with van der Waals surface area (Å²) in [6, 6.07) is -0.255. The van der Waals surface area contributed by atoms with E-state index in [1.807, 2.05) is 6.08 Å². The summed E-state index contributed by atoms with van der Waals surface area (Å²) >= 11 is 0. The third-order valence-corrected chi connectivity index (χ3v) is 8.19. The lowest BCUT2D eigenvalue weighted by molar-refractivity contribution is -0.137. The quantitative estimate of drug-likeness (QED) is 0.346. The van der Waals surface area contributed by atoms with E-state index in [0.29, 0.717) is 24.5 Å². The molecule has 1 heterocycles. The third kappa shape index (κ3) is 5.07. The maximum atomic E-state index is 12.6. The third-order valence-electron chi connectivity index (χ3n) is 7.30. The van der Waals surface area contributed by atoms with E-state index in [4.69, 9.17) is 9.16 Å². The number of H-pyrrole nitrogens is 1. The summed E-state index contributed by atoms with van der Waals surface area (Å²) in [4.78, 5) is 38.9. The molecule has 0 saturated heterocycles. The Hall–Kier alpha value is -2.19. The van der Waals surface area contributed by atoms with Crippen molar-refractivity contribution in [2.24, 2.45) is 17.3 Å². The average Bonchev–Trinajstić information content (AvgIpc) is 3.13. The van der Waals surface area contributed by atoms with Gasteiger partial charge in [0.2, 0.25) is 0 Å². The van der Waals surface area contributed by atoms with Crippen LogP contribution in [0.3, 0.4) is 0 Å². The maximum absolute atomic E-state index is 12.6. The number of esters is 1. The van der Waals surface area contributed by atoms with Crippen LogP contribution in [-0.2, 0) is 14.0 Å². The van der Waals surface area contributed by atoms with Gasteiger partial charge in [0, 0.05) is 23.8 Å². The first-order chi connectivity index (χ1) is 14.9. The van der Waals surface area contributed by atoms with Crippen LogP contribution >= 0.6 is 0 Å². The Morgan fingerprint density at radius 3 is 2.56 bits per heavy atom. The number of ether oxygens (including phenoxy) is 1. The number of aromatic nitrogens is 2. The van der Waals surface area contributed by atoms with Crippen LogP contribution in [0, 0.1) is 24.2 Å². The van der Waals surface area contributed by atoms with Gasteiger partial charge in [0.1, 0.15) is 0 Å². The molecule has 2 rings (SSSR count). The number of hydrogen-bond donors (Lipinski definition) is 1. The molecule has 8 heteroatoms. The molecule has 0 bridgehead atoms. The normalized spacial score (nSPS) is 21.5. The predicted octanol–water partition coefficient (Wildman–Crippen LogP) is 3.04. The lowest BCUT2D eigenvalue weighted by Gasteiger charge is -2.51. The molecule has 0 saturated carbocycles. The van der Waals surface area contributed by atoms with E-state index in [2.05, 4.69) is 46.1 Å². The molecule has 3 unspecified atom stereocenters. The largest absolute Gasteiger partial charge is 0.463 e. The Labute approximate surface area is 192 Å². The zero-order valence-electron chi connectivity index (χ0n) is 20.7. The van der Waals surface area contributed by atoms with Gasteiger partial charge in [-0.3, -0.25) is 14.3 Å². The number of aryl methyl sites for hydroxylation is 1. The van der Waals surface area contributed by atoms with Crippen molar-refractivity contribution in [3.05, 3.63) is 56.4 Å². The number of carbonyl (C=O) groups excluding carboxylic acids is 1. The molecule has 1 aliphatic carbocycles. The molecule has 1 aliphatic rings. The van der Waals surface area contributed by atoms with Crippen LogP contribution in [0.25, 0.3) is 0 Å². The van der Waals surface area contributed by atoms with Gasteiger partial charge in [-0.15, -0.1) is 0 Å². The molecule has 0 fully saturated rings. The molecule has 7 nitrogen and oxygen atoms in total. The molecular formula is C24H38N2O5Si. The van der Waals surface area contributed by atoms with Crippen molar-refractivity contribution >= 4 is 15.7 Å². The summed E-state index contributed by atoms with van der Waals surface area (Å²) in [6.07, 6.45) is 7.49. The van der Waals surface area contributed by atoms with Crippen molar-refractivity contribution in [1.29, 1.82) is 0 Å². The molecule has 1 aromatic rings. The lowest BCUT2D eigenvalue weighted by Crippen LogP contribution is -2.53. The molecule has 1 aromatic heterocycles. The van der Waals surface area contributed by atoms with Gasteiger partial charge in [-0.2, -0.15) is 0 Å². The van der Waals surface area contributed by atoms with Crippen molar-refractivity contribution < 1.29 is 14.0 Å². The number of allylic oxidation sites excluding steroid dienone is 2. The van der Waals surface area contributed by atoms with E-state index in [0.717, 1.165) is 5.57 Å². The fourth-order valence-corrected chi connectivity index (χ4v) is 5.66. The highest BCUT2D eigenvalue weighted by atomic mass is 28.2. The Morgan fingerprint density at radius 1 is 1.34 bits per heavy atom. The predicted molar refractivity (Wildman–Crippen MR) is 130 cm³/mol. The molecule has 0 amide bonds. The number of nitrogens with zero attached hydrogens (tertiary/aromatic N) is 1. The van der Waals surface area contributed by atoms with E-state index < -0.39 is 27.0 Å². The second-order valence-corrected chi connectivity index (χ2v) is 10.4. The number of aromatic amines is 1. The molecule has 178 valence electrons. The first-order valence-corrected chi connectivity index (χ1v) is 13.4. The lowest BCUT2D eigenvalue weighted by atomic mass is 9.61. The standard InChI is InChI=1S/C24H38N2O5Si/c1-9-30-20(27)11-10-17-12-18(26-14-16(4)21(28)25-22(26)29)13-19(17)24(7,31-32-8)23(5,6)15(2)3/h10-12,14-15,18-19H,9,13,32H2,1-8H3,(H,25,28,29). The number of nitrogens with one attached hydrogen (secondary N) is 1. The Kier molecular flexibility index (Phi) is 8.28. The van der Waals surface area contributed by atoms with E-state index in [1.165, 1.54) is 6.08 Å². The first kappa shape index (κ1) is 26.1. The summed E-state index contributed by atoms with van der Waals surface area (Å²) in [7, 11) is -0.754. The van der Waals surface area contributed by atoms with E-state index in [9.17, 15) is 14.4 Å². The van der Waals surface area contributed by atoms with Gasteiger partial charge in [0.15, 0.2) is 9.76 Å². The summed E-state index contributed by atoms with van der Waals surface area (Å²) in [5.74, 6) is -0.0918. The van der Waals surface area contributed by atoms with Gasteiger partial charge in [-0.05, 0) is 44.1 Å². The van der Waals surface area contributed by atoms with Gasteiger partial charge < -0.3 is 9.16 Å². The van der Waals surface area contributed by atoms with Crippen molar-refractivity contribution in [1.82, 2.24) is 9.55 Å². The highest BCUT2D eigenvalue weighted by Gasteiger charge is 2.51. The molecule has 0 aliphatic heterocycles. The van der Waals surface area contributed by atoms with Crippen molar-refractivity contribution in [2.45, 2.75) is 73.1 Å². The summed E-state index contributed by atoms with van der Waals surface area (Å²) in [5.41, 5.74) is -0.0592. The molecule has 1 N–H and O–H groups in total. The smallest absolute Gasteiger partial charge is 0.330 e. The van der Waals surface area contributed by atoms with E-state index in [1.54, 1.807) is 30.7 Å². The van der Waals surface area contributed by atoms with Gasteiger partial charge in [0.05, 0.1) is 18.2 Å². The van der Waals surface area contributed by atoms with Crippen LogP contribution in [0.1, 0.15) is 59.6 Å². The van der Waals surface area contributed by atoms with E-state index >= 15 is 0 Å². The van der Waals surface area contributed by atoms with E-state index in [-0.39, 0.29) is 22.9 Å². The van der Waals surface area contributed by atoms with Crippen LogP contribution in [0.2, 0.25) is 6.55 Å². The summed E-state index contributed by atoms with van der Waals surface area (Å²) < 4.78 is 13.2. The number of hydrogen-bond acceptors (Lipinski definition) is 5. The number of carbonyl (C=O) groups is 1. The van der Waals surface area contributed by atoms with Crippen molar-refractivity contribution in [3.8, 4) is 0 Å². The molecule has 32 heavy (non-hydrogen) atoms. The zero-order chi connectivity index (χ0) is 24.3. The van der Waals surface area contributed by atoms with Crippen molar-refractivity contribution in [3.63, 3.8) is 0 Å². The summed E-state index contributed by atoms with van der Waals surface area (Å²) in [6.45, 7) is 16.9. The van der Waals surface area contributed by atoms with Crippen LogP contribution in [-0.4, -0.2) is 37.5 Å². The SMILES string of the molecule is CCOC(=O)C=CC1=CC(n2cc(C)c(=O)[nH]c2=O)CC1C(C)(O[SiH2]C)C(C)(C)C(C)C. The Balaban J connectivity index is 2.61. The van der Waals surface area contributed by atoms with Gasteiger partial charge >= 0.3 is 11.7 Å². The molecule has 3 atom stereocenters. The second kappa shape index (κ2) is 10.2. The van der Waals surface area contributed by atoms with Crippen LogP contribution in [0.5, 0.6) is 0 Å². The molecule has 0 radical (unpaired) electrons. The van der Waals surface area contributed by atoms with Crippen LogP contribution in [0.4, 0.5) is 0 Å². The minimum Gasteiger partial charge on any atom is -0.463 e. The van der Waals surface area contributed by atoms with Gasteiger partial charge in [-0.1, -0.05) is 46.4 Å². The van der Waals surface area contributed by atoms with Gasteiger partial charge in [0.25, 0.3) is 5.56 Å². The van der Waals surface area contributed by atoms with Gasteiger partial charge in [-0.25, -0.2) is 9.59 Å². The summed E-state index contributed by atoms with van der Waals surface area (Å²) in [5, 5.41) is 0. The Bertz CT molecular complexity index is 1000. The van der Waals surface area contributed by atoms with Crippen LogP contribution in [0.15, 0.2) is 39.6 Å². The molecular weight excluding hydrogens is 424 g/mol. The van der Waals surface area contributed by atoms with Crippen LogP contribution < -0.4 is 11.2 Å². The minimum absolute atomic E-state index is 0.0397.